The minimum absolute atomic E-state index is 0.171. The lowest BCUT2D eigenvalue weighted by molar-refractivity contribution is -0.146. The fraction of sp³-hybridized carbons (Fsp3) is 0.333. The molecule has 0 aliphatic heterocycles. The van der Waals surface area contributed by atoms with E-state index in [0.717, 1.165) is 0 Å². The molecule has 0 amide bonds. The van der Waals surface area contributed by atoms with E-state index in [-0.39, 0.29) is 12.5 Å². The average Bonchev–Trinajstić information content (AvgIpc) is 2.84. The van der Waals surface area contributed by atoms with Gasteiger partial charge in [0.15, 0.2) is 5.92 Å². The monoisotopic (exact) mass is 300 g/mol. The van der Waals surface area contributed by atoms with Crippen LogP contribution in [-0.4, -0.2) is 32.6 Å². The van der Waals surface area contributed by atoms with Gasteiger partial charge in [-0.15, -0.1) is 0 Å². The molecule has 0 aliphatic rings. The van der Waals surface area contributed by atoms with Crippen LogP contribution in [0.4, 0.5) is 0 Å². The standard InChI is InChI=1S/C15H16N4O3/c1-3-22-15(21)11(7-16)12(10-5-4-6-17-8-10)13-14(20)19-9(2)18-13/h4-6,8,11-12,20H,3H2,1-2H3,(H,18,19)/t11-,12+/m0/s1. The summed E-state index contributed by atoms with van der Waals surface area (Å²) in [6, 6.07) is 5.39. The molecule has 7 nitrogen and oxygen atoms in total. The van der Waals surface area contributed by atoms with Gasteiger partial charge < -0.3 is 14.8 Å². The zero-order chi connectivity index (χ0) is 16.1. The first kappa shape index (κ1) is 15.5. The van der Waals surface area contributed by atoms with E-state index in [0.29, 0.717) is 17.1 Å². The number of aromatic amines is 1. The van der Waals surface area contributed by atoms with E-state index >= 15 is 0 Å². The SMILES string of the molecule is CCOC(=O)[C@@H](C#N)[C@@H](c1cccnc1)c1[nH]c(C)nc1O. The third-order valence-electron chi connectivity index (χ3n) is 3.20. The number of hydrogen-bond acceptors (Lipinski definition) is 6. The molecule has 7 heteroatoms. The van der Waals surface area contributed by atoms with Crippen LogP contribution < -0.4 is 0 Å². The Morgan fingerprint density at radius 2 is 2.36 bits per heavy atom. The number of carbonyl (C=O) groups excluding carboxylic acids is 1. The lowest BCUT2D eigenvalue weighted by Gasteiger charge is -2.19. The van der Waals surface area contributed by atoms with Crippen molar-refractivity contribution in [3.63, 3.8) is 0 Å². The molecule has 0 aromatic carbocycles. The lowest BCUT2D eigenvalue weighted by Crippen LogP contribution is -2.24. The number of pyridine rings is 1. The maximum absolute atomic E-state index is 12.1. The predicted octanol–water partition coefficient (Wildman–Crippen LogP) is 1.65. The summed E-state index contributed by atoms with van der Waals surface area (Å²) in [4.78, 5) is 22.9. The van der Waals surface area contributed by atoms with Crippen LogP contribution in [-0.2, 0) is 9.53 Å². The summed E-state index contributed by atoms with van der Waals surface area (Å²) in [6.07, 6.45) is 3.13. The number of imidazole rings is 1. The maximum Gasteiger partial charge on any atom is 0.324 e. The van der Waals surface area contributed by atoms with Gasteiger partial charge in [-0.25, -0.2) is 0 Å². The Hall–Kier alpha value is -2.88. The van der Waals surface area contributed by atoms with Gasteiger partial charge in [-0.1, -0.05) is 6.07 Å². The molecule has 0 saturated heterocycles. The van der Waals surface area contributed by atoms with Crippen LogP contribution in [0.15, 0.2) is 24.5 Å². The molecule has 0 unspecified atom stereocenters. The Balaban J connectivity index is 2.53. The quantitative estimate of drug-likeness (QED) is 0.812. The molecule has 2 aromatic heterocycles. The van der Waals surface area contributed by atoms with Crippen molar-refractivity contribution < 1.29 is 14.6 Å². The van der Waals surface area contributed by atoms with Gasteiger partial charge in [0, 0.05) is 12.4 Å². The summed E-state index contributed by atoms with van der Waals surface area (Å²) in [6.45, 7) is 3.52. The third-order valence-corrected chi connectivity index (χ3v) is 3.20. The molecule has 0 saturated carbocycles. The van der Waals surface area contributed by atoms with Crippen molar-refractivity contribution in [1.29, 1.82) is 5.26 Å². The Morgan fingerprint density at radius 1 is 1.59 bits per heavy atom. The highest BCUT2D eigenvalue weighted by atomic mass is 16.5. The second kappa shape index (κ2) is 6.72. The number of nitrogens with zero attached hydrogens (tertiary/aromatic N) is 3. The van der Waals surface area contributed by atoms with Crippen molar-refractivity contribution in [3.05, 3.63) is 41.6 Å². The van der Waals surface area contributed by atoms with E-state index < -0.39 is 17.8 Å². The van der Waals surface area contributed by atoms with E-state index in [2.05, 4.69) is 15.0 Å². The van der Waals surface area contributed by atoms with Gasteiger partial charge in [-0.3, -0.25) is 9.78 Å². The number of aromatic hydroxyl groups is 1. The number of aromatic nitrogens is 3. The van der Waals surface area contributed by atoms with E-state index in [1.165, 1.54) is 0 Å². The molecule has 114 valence electrons. The van der Waals surface area contributed by atoms with Crippen LogP contribution in [0.5, 0.6) is 5.88 Å². The van der Waals surface area contributed by atoms with Gasteiger partial charge >= 0.3 is 5.97 Å². The maximum atomic E-state index is 12.1. The summed E-state index contributed by atoms with van der Waals surface area (Å²) in [5, 5.41) is 19.4. The van der Waals surface area contributed by atoms with Crippen molar-refractivity contribution in [2.45, 2.75) is 19.8 Å². The first-order chi connectivity index (χ1) is 10.6. The molecular weight excluding hydrogens is 284 g/mol. The van der Waals surface area contributed by atoms with Crippen LogP contribution in [0.25, 0.3) is 0 Å². The summed E-state index contributed by atoms with van der Waals surface area (Å²) in [7, 11) is 0. The van der Waals surface area contributed by atoms with E-state index in [9.17, 15) is 15.2 Å². The van der Waals surface area contributed by atoms with Gasteiger partial charge in [0.25, 0.3) is 0 Å². The summed E-state index contributed by atoms with van der Waals surface area (Å²) in [5.41, 5.74) is 0.908. The van der Waals surface area contributed by atoms with Crippen molar-refractivity contribution in [3.8, 4) is 11.9 Å². The van der Waals surface area contributed by atoms with Gasteiger partial charge in [0.05, 0.1) is 24.3 Å². The van der Waals surface area contributed by atoms with Gasteiger partial charge in [0.2, 0.25) is 5.88 Å². The summed E-state index contributed by atoms with van der Waals surface area (Å²) in [5.74, 6) is -2.25. The van der Waals surface area contributed by atoms with E-state index in [4.69, 9.17) is 4.74 Å². The lowest BCUT2D eigenvalue weighted by atomic mass is 9.85. The average molecular weight is 300 g/mol. The summed E-state index contributed by atoms with van der Waals surface area (Å²) < 4.78 is 4.97. The smallest absolute Gasteiger partial charge is 0.324 e. The Labute approximate surface area is 127 Å². The van der Waals surface area contributed by atoms with Gasteiger partial charge in [-0.2, -0.15) is 10.2 Å². The molecule has 22 heavy (non-hydrogen) atoms. The zero-order valence-electron chi connectivity index (χ0n) is 12.3. The number of rotatable bonds is 5. The van der Waals surface area contributed by atoms with Crippen LogP contribution in [0.1, 0.15) is 29.9 Å². The highest BCUT2D eigenvalue weighted by molar-refractivity contribution is 5.77. The number of carbonyl (C=O) groups is 1. The van der Waals surface area contributed by atoms with Crippen LogP contribution >= 0.6 is 0 Å². The normalized spacial score (nSPS) is 13.1. The number of ether oxygens (including phenoxy) is 1. The topological polar surface area (TPSA) is 112 Å². The molecule has 0 radical (unpaired) electrons. The van der Waals surface area contributed by atoms with E-state index in [1.807, 2.05) is 6.07 Å². The number of esters is 1. The molecule has 0 aliphatic carbocycles. The second-order valence-corrected chi connectivity index (χ2v) is 4.68. The Bertz CT molecular complexity index is 691. The van der Waals surface area contributed by atoms with Gasteiger partial charge in [0.1, 0.15) is 5.82 Å². The first-order valence-electron chi connectivity index (χ1n) is 6.80. The summed E-state index contributed by atoms with van der Waals surface area (Å²) >= 11 is 0. The molecular formula is C15H16N4O3. The minimum Gasteiger partial charge on any atom is -0.492 e. The van der Waals surface area contributed by atoms with Crippen molar-refractivity contribution >= 4 is 5.97 Å². The number of nitriles is 1. The van der Waals surface area contributed by atoms with Crippen LogP contribution in [0.2, 0.25) is 0 Å². The number of aryl methyl sites for hydroxylation is 1. The molecule has 2 heterocycles. The van der Waals surface area contributed by atoms with Crippen molar-refractivity contribution in [2.75, 3.05) is 6.61 Å². The zero-order valence-corrected chi connectivity index (χ0v) is 12.3. The van der Waals surface area contributed by atoms with Crippen LogP contribution in [0.3, 0.4) is 0 Å². The number of hydrogen-bond donors (Lipinski definition) is 2. The third kappa shape index (κ3) is 3.06. The number of nitrogens with one attached hydrogen (secondary N) is 1. The van der Waals surface area contributed by atoms with Crippen molar-refractivity contribution in [2.24, 2.45) is 5.92 Å². The second-order valence-electron chi connectivity index (χ2n) is 4.68. The Kier molecular flexibility index (Phi) is 4.73. The fourth-order valence-electron chi connectivity index (χ4n) is 2.30. The molecule has 0 bridgehead atoms. The molecule has 2 rings (SSSR count). The number of H-pyrrole nitrogens is 1. The minimum atomic E-state index is -1.12. The predicted molar refractivity (Wildman–Crippen MR) is 76.8 cm³/mol. The first-order valence-corrected chi connectivity index (χ1v) is 6.80. The molecule has 0 fully saturated rings. The van der Waals surface area contributed by atoms with E-state index in [1.54, 1.807) is 38.4 Å². The molecule has 2 N–H and O–H groups in total. The molecule has 0 spiro atoms. The van der Waals surface area contributed by atoms with Crippen LogP contribution in [0, 0.1) is 24.2 Å². The van der Waals surface area contributed by atoms with Gasteiger partial charge in [-0.05, 0) is 25.5 Å². The Morgan fingerprint density at radius 3 is 2.86 bits per heavy atom. The molecule has 2 atom stereocenters. The largest absolute Gasteiger partial charge is 0.492 e. The van der Waals surface area contributed by atoms with Crippen molar-refractivity contribution in [1.82, 2.24) is 15.0 Å². The fourth-order valence-corrected chi connectivity index (χ4v) is 2.30. The highest BCUT2D eigenvalue weighted by Gasteiger charge is 2.35. The highest BCUT2D eigenvalue weighted by Crippen LogP contribution is 2.35. The molecule has 2 aromatic rings.